The first-order valence-electron chi connectivity index (χ1n) is 3.67. The van der Waals surface area contributed by atoms with E-state index in [0.29, 0.717) is 0 Å². The number of nitrogen functional groups attached to an aromatic ring is 1. The maximum absolute atomic E-state index is 12.9. The molecule has 15 heavy (non-hydrogen) atoms. The van der Waals surface area contributed by atoms with Crippen molar-refractivity contribution >= 4 is 5.69 Å². The van der Waals surface area contributed by atoms with E-state index >= 15 is 0 Å². The van der Waals surface area contributed by atoms with Crippen molar-refractivity contribution in [3.05, 3.63) is 28.6 Å². The van der Waals surface area contributed by atoms with Crippen LogP contribution in [0.15, 0.2) is 0 Å². The molecule has 0 aliphatic heterocycles. The standard InChI is InChI=1S/C8H5F6N/c1-2-4(9)3(8(12,13)14)6(11)7(15)5(2)10/h15H2,1H3. The molecule has 0 atom stereocenters. The Labute approximate surface area is 80.5 Å². The maximum atomic E-state index is 12.9. The van der Waals surface area contributed by atoms with E-state index in [1.165, 1.54) is 0 Å². The van der Waals surface area contributed by atoms with Crippen LogP contribution in [0.2, 0.25) is 0 Å². The minimum Gasteiger partial charge on any atom is -0.394 e. The maximum Gasteiger partial charge on any atom is 0.422 e. The van der Waals surface area contributed by atoms with E-state index in [-0.39, 0.29) is 0 Å². The fourth-order valence-corrected chi connectivity index (χ4v) is 1.06. The van der Waals surface area contributed by atoms with Crippen LogP contribution >= 0.6 is 0 Å². The van der Waals surface area contributed by atoms with Crippen LogP contribution in [0.5, 0.6) is 0 Å². The van der Waals surface area contributed by atoms with Gasteiger partial charge in [0.1, 0.15) is 17.1 Å². The first-order valence-corrected chi connectivity index (χ1v) is 3.67. The average molecular weight is 229 g/mol. The van der Waals surface area contributed by atoms with E-state index in [9.17, 15) is 26.3 Å². The van der Waals surface area contributed by atoms with Gasteiger partial charge in [-0.1, -0.05) is 0 Å². The van der Waals surface area contributed by atoms with Gasteiger partial charge in [0.2, 0.25) is 0 Å². The van der Waals surface area contributed by atoms with Gasteiger partial charge in [-0.3, -0.25) is 0 Å². The van der Waals surface area contributed by atoms with Gasteiger partial charge in [0, 0.05) is 5.56 Å². The van der Waals surface area contributed by atoms with Crippen LogP contribution in [0.3, 0.4) is 0 Å². The van der Waals surface area contributed by atoms with Crippen molar-refractivity contribution in [3.8, 4) is 0 Å². The van der Waals surface area contributed by atoms with E-state index in [1.54, 1.807) is 0 Å². The van der Waals surface area contributed by atoms with Gasteiger partial charge in [-0.2, -0.15) is 13.2 Å². The Morgan fingerprint density at radius 2 is 1.40 bits per heavy atom. The molecule has 0 aliphatic rings. The highest BCUT2D eigenvalue weighted by Gasteiger charge is 2.40. The van der Waals surface area contributed by atoms with Crippen molar-refractivity contribution in [2.24, 2.45) is 0 Å². The number of rotatable bonds is 0. The SMILES string of the molecule is Cc1c(F)c(N)c(F)c(C(F)(F)F)c1F. The zero-order valence-electron chi connectivity index (χ0n) is 7.35. The summed E-state index contributed by atoms with van der Waals surface area (Å²) in [6, 6.07) is 0. The first-order chi connectivity index (χ1) is 6.68. The largest absolute Gasteiger partial charge is 0.422 e. The molecule has 0 heterocycles. The Balaban J connectivity index is 3.68. The summed E-state index contributed by atoms with van der Waals surface area (Å²) in [4.78, 5) is 0. The van der Waals surface area contributed by atoms with Gasteiger partial charge in [-0.05, 0) is 6.92 Å². The summed E-state index contributed by atoms with van der Waals surface area (Å²) in [5.41, 5.74) is 0.275. The normalized spacial score (nSPS) is 11.9. The Morgan fingerprint density at radius 3 is 1.80 bits per heavy atom. The summed E-state index contributed by atoms with van der Waals surface area (Å²) in [6.07, 6.45) is -5.25. The summed E-state index contributed by atoms with van der Waals surface area (Å²) in [5.74, 6) is -5.62. The van der Waals surface area contributed by atoms with Crippen molar-refractivity contribution in [2.45, 2.75) is 13.1 Å². The number of nitrogens with two attached hydrogens (primary N) is 1. The molecule has 2 N–H and O–H groups in total. The molecule has 7 heteroatoms. The highest BCUT2D eigenvalue weighted by Crippen LogP contribution is 2.37. The van der Waals surface area contributed by atoms with Crippen molar-refractivity contribution in [2.75, 3.05) is 5.73 Å². The van der Waals surface area contributed by atoms with E-state index < -0.39 is 40.4 Å². The lowest BCUT2D eigenvalue weighted by atomic mass is 10.1. The Morgan fingerprint density at radius 1 is 0.933 bits per heavy atom. The van der Waals surface area contributed by atoms with Gasteiger partial charge in [0.15, 0.2) is 11.6 Å². The topological polar surface area (TPSA) is 26.0 Å². The van der Waals surface area contributed by atoms with Crippen molar-refractivity contribution in [3.63, 3.8) is 0 Å². The molecule has 0 spiro atoms. The molecule has 1 rings (SSSR count). The molecular formula is C8H5F6N. The molecule has 0 saturated heterocycles. The third-order valence-electron chi connectivity index (χ3n) is 1.85. The molecular weight excluding hydrogens is 224 g/mol. The zero-order chi connectivity index (χ0) is 12.0. The smallest absolute Gasteiger partial charge is 0.394 e. The highest BCUT2D eigenvalue weighted by atomic mass is 19.4. The number of anilines is 1. The molecule has 0 aromatic heterocycles. The van der Waals surface area contributed by atoms with Gasteiger partial charge >= 0.3 is 6.18 Å². The zero-order valence-corrected chi connectivity index (χ0v) is 7.35. The summed E-state index contributed by atoms with van der Waals surface area (Å²) in [5, 5.41) is 0. The van der Waals surface area contributed by atoms with Crippen LogP contribution in [0, 0.1) is 24.4 Å². The predicted molar refractivity (Wildman–Crippen MR) is 40.5 cm³/mol. The first kappa shape index (κ1) is 11.7. The van der Waals surface area contributed by atoms with Crippen LogP contribution in [0.4, 0.5) is 32.0 Å². The molecule has 1 nitrogen and oxygen atoms in total. The molecule has 0 aliphatic carbocycles. The molecule has 84 valence electrons. The second kappa shape index (κ2) is 3.32. The van der Waals surface area contributed by atoms with Gasteiger partial charge in [-0.15, -0.1) is 0 Å². The molecule has 0 fully saturated rings. The van der Waals surface area contributed by atoms with Gasteiger partial charge < -0.3 is 5.73 Å². The number of alkyl halides is 3. The molecule has 0 saturated carbocycles. The molecule has 1 aromatic rings. The minimum atomic E-state index is -5.25. The Hall–Kier alpha value is -1.40. The number of benzene rings is 1. The molecule has 0 unspecified atom stereocenters. The van der Waals surface area contributed by atoms with Crippen LogP contribution < -0.4 is 5.73 Å². The lowest BCUT2D eigenvalue weighted by molar-refractivity contribution is -0.142. The number of hydrogen-bond donors (Lipinski definition) is 1. The molecule has 0 radical (unpaired) electrons. The average Bonchev–Trinajstić information content (AvgIpc) is 2.09. The summed E-state index contributed by atoms with van der Waals surface area (Å²) in [6.45, 7) is 0.746. The summed E-state index contributed by atoms with van der Waals surface area (Å²) < 4.78 is 75.1. The lowest BCUT2D eigenvalue weighted by Crippen LogP contribution is -2.16. The van der Waals surface area contributed by atoms with E-state index in [4.69, 9.17) is 5.73 Å². The van der Waals surface area contributed by atoms with Crippen molar-refractivity contribution < 1.29 is 26.3 Å². The third-order valence-corrected chi connectivity index (χ3v) is 1.85. The van der Waals surface area contributed by atoms with Crippen LogP contribution in [0.1, 0.15) is 11.1 Å². The van der Waals surface area contributed by atoms with E-state index in [0.717, 1.165) is 6.92 Å². The van der Waals surface area contributed by atoms with Crippen molar-refractivity contribution in [1.29, 1.82) is 0 Å². The Kier molecular flexibility index (Phi) is 2.58. The highest BCUT2D eigenvalue weighted by molar-refractivity contribution is 5.49. The quantitative estimate of drug-likeness (QED) is 0.537. The van der Waals surface area contributed by atoms with Gasteiger partial charge in [0.25, 0.3) is 0 Å². The molecule has 0 amide bonds. The van der Waals surface area contributed by atoms with Gasteiger partial charge in [-0.25, -0.2) is 13.2 Å². The third kappa shape index (κ3) is 1.73. The molecule has 1 aromatic carbocycles. The monoisotopic (exact) mass is 229 g/mol. The fourth-order valence-electron chi connectivity index (χ4n) is 1.06. The summed E-state index contributed by atoms with van der Waals surface area (Å²) in [7, 11) is 0. The predicted octanol–water partition coefficient (Wildman–Crippen LogP) is 3.01. The summed E-state index contributed by atoms with van der Waals surface area (Å²) >= 11 is 0. The number of hydrogen-bond acceptors (Lipinski definition) is 1. The van der Waals surface area contributed by atoms with E-state index in [1.807, 2.05) is 0 Å². The second-order valence-corrected chi connectivity index (χ2v) is 2.85. The molecule has 0 bridgehead atoms. The minimum absolute atomic E-state index is 0.746. The Bertz CT molecular complexity index is 380. The van der Waals surface area contributed by atoms with E-state index in [2.05, 4.69) is 0 Å². The lowest BCUT2D eigenvalue weighted by Gasteiger charge is -2.13. The van der Waals surface area contributed by atoms with Gasteiger partial charge in [0.05, 0.1) is 0 Å². The fraction of sp³-hybridized carbons (Fsp3) is 0.250. The van der Waals surface area contributed by atoms with Crippen molar-refractivity contribution in [1.82, 2.24) is 0 Å². The second-order valence-electron chi connectivity index (χ2n) is 2.85. The van der Waals surface area contributed by atoms with Crippen LogP contribution in [0.25, 0.3) is 0 Å². The van der Waals surface area contributed by atoms with Crippen LogP contribution in [-0.2, 0) is 6.18 Å². The van der Waals surface area contributed by atoms with Crippen LogP contribution in [-0.4, -0.2) is 0 Å². The number of halogens is 6.